The van der Waals surface area contributed by atoms with Crippen molar-refractivity contribution in [1.82, 2.24) is 0 Å². The van der Waals surface area contributed by atoms with Crippen LogP contribution >= 0.6 is 47.8 Å². The fourth-order valence-electron chi connectivity index (χ4n) is 3.64. The lowest BCUT2D eigenvalue weighted by Crippen LogP contribution is -2.29. The molecule has 3 rings (SSSR count). The fourth-order valence-corrected chi connectivity index (χ4v) is 4.83. The molecule has 26 heavy (non-hydrogen) atoms. The van der Waals surface area contributed by atoms with Crippen molar-refractivity contribution in [3.63, 3.8) is 0 Å². The molecule has 0 unspecified atom stereocenters. The summed E-state index contributed by atoms with van der Waals surface area (Å²) in [6, 6.07) is 26.2. The zero-order valence-corrected chi connectivity index (χ0v) is 19.4. The maximum Gasteiger partial charge on any atom is 0.101 e. The third kappa shape index (κ3) is 4.18. The van der Waals surface area contributed by atoms with Crippen molar-refractivity contribution >= 4 is 55.6 Å². The Balaban J connectivity index is 2.34. The molecule has 0 aliphatic heterocycles. The molecule has 0 N–H and O–H groups in total. The molecule has 0 amide bonds. The van der Waals surface area contributed by atoms with Crippen LogP contribution in [0.4, 0.5) is 0 Å². The predicted octanol–water partition coefficient (Wildman–Crippen LogP) is 7.14. The summed E-state index contributed by atoms with van der Waals surface area (Å²) >= 11 is 11.0. The van der Waals surface area contributed by atoms with Crippen molar-refractivity contribution in [1.29, 1.82) is 0 Å². The van der Waals surface area contributed by atoms with E-state index in [1.54, 1.807) is 0 Å². The molecule has 0 bridgehead atoms. The molecule has 4 heteroatoms. The summed E-state index contributed by atoms with van der Waals surface area (Å²) in [5.74, 6) is 0. The van der Waals surface area contributed by atoms with Gasteiger partial charge in [-0.3, -0.25) is 0 Å². The van der Waals surface area contributed by atoms with Gasteiger partial charge in [0.05, 0.1) is 0 Å². The summed E-state index contributed by atoms with van der Waals surface area (Å²) in [4.78, 5) is 0. The minimum atomic E-state index is -0.187. The number of hydrogen-bond donors (Lipinski definition) is 0. The van der Waals surface area contributed by atoms with Crippen LogP contribution in [0.5, 0.6) is 0 Å². The van der Waals surface area contributed by atoms with Gasteiger partial charge in [0, 0.05) is 18.8 Å². The Morgan fingerprint density at radius 3 is 1.35 bits per heavy atom. The monoisotopic (exact) mass is 532 g/mol. The molecule has 0 fully saturated rings. The maximum atomic E-state index is 3.68. The summed E-state index contributed by atoms with van der Waals surface area (Å²) in [6.07, 6.45) is 3.39. The zero-order chi connectivity index (χ0) is 18.6. The van der Waals surface area contributed by atoms with Crippen molar-refractivity contribution in [2.45, 2.75) is 24.6 Å². The van der Waals surface area contributed by atoms with Gasteiger partial charge in [-0.25, -0.2) is 0 Å². The number of rotatable bonds is 6. The SMILES string of the molecule is BCCCC(c1cccc(Br)c1)(c1cccc(Br)c1)c1cccc(Br)c1. The normalized spacial score (nSPS) is 11.5. The largest absolute Gasteiger partial charge is 0.101 e. The molecule has 0 atom stereocenters. The smallest absolute Gasteiger partial charge is 0.0810 e. The number of hydrogen-bond acceptors (Lipinski definition) is 0. The summed E-state index contributed by atoms with van der Waals surface area (Å²) in [6.45, 7) is 0. The molecular weight excluding hydrogens is 515 g/mol. The van der Waals surface area contributed by atoms with Gasteiger partial charge < -0.3 is 0 Å². The van der Waals surface area contributed by atoms with Crippen LogP contribution in [0.15, 0.2) is 86.2 Å². The second kappa shape index (κ2) is 8.90. The molecular formula is C22H20BBr3. The van der Waals surface area contributed by atoms with Crippen LogP contribution in [-0.4, -0.2) is 7.85 Å². The average Bonchev–Trinajstić information content (AvgIpc) is 2.63. The van der Waals surface area contributed by atoms with Crippen LogP contribution in [0, 0.1) is 0 Å². The lowest BCUT2D eigenvalue weighted by molar-refractivity contribution is 0.549. The van der Waals surface area contributed by atoms with Gasteiger partial charge in [0.15, 0.2) is 0 Å². The van der Waals surface area contributed by atoms with Crippen LogP contribution in [0.1, 0.15) is 29.5 Å². The fraction of sp³-hybridized carbons (Fsp3) is 0.182. The first-order valence-electron chi connectivity index (χ1n) is 8.84. The lowest BCUT2D eigenvalue weighted by Gasteiger charge is -2.36. The van der Waals surface area contributed by atoms with E-state index in [0.717, 1.165) is 32.6 Å². The molecule has 0 spiro atoms. The van der Waals surface area contributed by atoms with Crippen LogP contribution in [0.3, 0.4) is 0 Å². The van der Waals surface area contributed by atoms with Crippen molar-refractivity contribution in [2.24, 2.45) is 0 Å². The molecule has 0 aromatic heterocycles. The molecule has 132 valence electrons. The van der Waals surface area contributed by atoms with Gasteiger partial charge in [0.1, 0.15) is 7.85 Å². The molecule has 0 nitrogen and oxygen atoms in total. The van der Waals surface area contributed by atoms with Crippen LogP contribution in [-0.2, 0) is 5.41 Å². The molecule has 0 saturated carbocycles. The Kier molecular flexibility index (Phi) is 6.82. The Morgan fingerprint density at radius 1 is 0.654 bits per heavy atom. The first-order valence-corrected chi connectivity index (χ1v) is 11.2. The summed E-state index contributed by atoms with van der Waals surface area (Å²) in [5.41, 5.74) is 3.76. The second-order valence-electron chi connectivity index (χ2n) is 6.54. The van der Waals surface area contributed by atoms with E-state index in [0.29, 0.717) is 0 Å². The highest BCUT2D eigenvalue weighted by molar-refractivity contribution is 9.11. The van der Waals surface area contributed by atoms with Crippen molar-refractivity contribution in [3.8, 4) is 0 Å². The molecule has 0 radical (unpaired) electrons. The van der Waals surface area contributed by atoms with E-state index >= 15 is 0 Å². The van der Waals surface area contributed by atoms with Gasteiger partial charge >= 0.3 is 0 Å². The third-order valence-electron chi connectivity index (χ3n) is 4.86. The van der Waals surface area contributed by atoms with Crippen molar-refractivity contribution in [2.75, 3.05) is 0 Å². The molecule has 0 heterocycles. The Bertz CT molecular complexity index is 781. The van der Waals surface area contributed by atoms with Gasteiger partial charge in [0.25, 0.3) is 0 Å². The first-order chi connectivity index (χ1) is 12.6. The van der Waals surface area contributed by atoms with Gasteiger partial charge in [-0.15, -0.1) is 0 Å². The predicted molar refractivity (Wildman–Crippen MR) is 125 cm³/mol. The highest BCUT2D eigenvalue weighted by atomic mass is 79.9. The Morgan fingerprint density at radius 2 is 1.04 bits per heavy atom. The van der Waals surface area contributed by atoms with Crippen LogP contribution in [0.2, 0.25) is 6.32 Å². The quantitative estimate of drug-likeness (QED) is 0.233. The Labute approximate surface area is 182 Å². The van der Waals surface area contributed by atoms with E-state index < -0.39 is 0 Å². The first kappa shape index (κ1) is 19.9. The summed E-state index contributed by atoms with van der Waals surface area (Å²) < 4.78 is 3.34. The minimum Gasteiger partial charge on any atom is -0.0810 e. The maximum absolute atomic E-state index is 3.68. The number of halogens is 3. The molecule has 0 aliphatic carbocycles. The highest BCUT2D eigenvalue weighted by Crippen LogP contribution is 2.45. The molecule has 0 saturated heterocycles. The van der Waals surface area contributed by atoms with E-state index in [4.69, 9.17) is 0 Å². The lowest BCUT2D eigenvalue weighted by atomic mass is 9.66. The Hall–Kier alpha value is -0.835. The van der Waals surface area contributed by atoms with Crippen LogP contribution in [0.25, 0.3) is 0 Å². The highest BCUT2D eigenvalue weighted by Gasteiger charge is 2.36. The van der Waals surface area contributed by atoms with E-state index in [-0.39, 0.29) is 5.41 Å². The minimum absolute atomic E-state index is 0.187. The van der Waals surface area contributed by atoms with Crippen molar-refractivity contribution < 1.29 is 0 Å². The van der Waals surface area contributed by atoms with E-state index in [1.807, 2.05) is 0 Å². The topological polar surface area (TPSA) is 0 Å². The number of benzene rings is 3. The average molecular weight is 535 g/mol. The third-order valence-corrected chi connectivity index (χ3v) is 6.34. The standard InChI is InChI=1S/C22H20BBr3/c23-12-4-11-22(16-5-1-8-19(24)13-16,17-6-2-9-20(25)14-17)18-7-3-10-21(26)15-18/h1-3,5-10,13-15H,4,11-12,23H2. The van der Waals surface area contributed by atoms with E-state index in [1.165, 1.54) is 16.7 Å². The molecule has 0 aliphatic rings. The second-order valence-corrected chi connectivity index (χ2v) is 9.29. The van der Waals surface area contributed by atoms with E-state index in [9.17, 15) is 0 Å². The van der Waals surface area contributed by atoms with Gasteiger partial charge in [-0.2, -0.15) is 0 Å². The van der Waals surface area contributed by atoms with Gasteiger partial charge in [-0.1, -0.05) is 96.9 Å². The van der Waals surface area contributed by atoms with E-state index in [2.05, 4.69) is 128 Å². The summed E-state index contributed by atoms with van der Waals surface area (Å²) in [5, 5.41) is 0. The molecule has 3 aromatic carbocycles. The molecule has 3 aromatic rings. The van der Waals surface area contributed by atoms with Gasteiger partial charge in [-0.05, 0) is 59.5 Å². The van der Waals surface area contributed by atoms with Crippen molar-refractivity contribution in [3.05, 3.63) is 103 Å². The van der Waals surface area contributed by atoms with Crippen LogP contribution < -0.4 is 0 Å². The zero-order valence-electron chi connectivity index (χ0n) is 14.7. The van der Waals surface area contributed by atoms with Gasteiger partial charge in [0.2, 0.25) is 0 Å². The summed E-state index contributed by atoms with van der Waals surface area (Å²) in [7, 11) is 2.26.